The van der Waals surface area contributed by atoms with Gasteiger partial charge in [0.15, 0.2) is 0 Å². The van der Waals surface area contributed by atoms with E-state index in [2.05, 4.69) is 32.6 Å². The van der Waals surface area contributed by atoms with Gasteiger partial charge in [-0.2, -0.15) is 0 Å². The molecule has 0 saturated carbocycles. The van der Waals surface area contributed by atoms with Crippen molar-refractivity contribution in [2.75, 3.05) is 0 Å². The van der Waals surface area contributed by atoms with Gasteiger partial charge in [0.2, 0.25) is 0 Å². The van der Waals surface area contributed by atoms with Crippen molar-refractivity contribution in [3.8, 4) is 0 Å². The molecule has 0 aromatic heterocycles. The Morgan fingerprint density at radius 3 is 2.00 bits per heavy atom. The molecule has 0 aromatic carbocycles. The summed E-state index contributed by atoms with van der Waals surface area (Å²) in [4.78, 5) is 13.2. The van der Waals surface area contributed by atoms with Crippen molar-refractivity contribution in [1.29, 1.82) is 0 Å². The topological polar surface area (TPSA) is 20.3 Å². The summed E-state index contributed by atoms with van der Waals surface area (Å²) in [6.45, 7) is 8.92. The minimum atomic E-state index is 0.292. The molecule has 1 heterocycles. The average molecular weight is 183 g/mol. The fourth-order valence-corrected chi connectivity index (χ4v) is 2.78. The van der Waals surface area contributed by atoms with Crippen LogP contribution in [0.25, 0.3) is 0 Å². The Labute approximate surface area is 81.3 Å². The summed E-state index contributed by atoms with van der Waals surface area (Å²) in [6.07, 6.45) is 3.20. The number of nitrogens with zero attached hydrogens (tertiary/aromatic N) is 1. The van der Waals surface area contributed by atoms with Gasteiger partial charge in [-0.15, -0.1) is 0 Å². The van der Waals surface area contributed by atoms with E-state index in [1.54, 1.807) is 0 Å². The van der Waals surface area contributed by atoms with Gasteiger partial charge in [-0.1, -0.05) is 0 Å². The number of carbonyl (C=O) groups excluding carboxylic acids is 1. The lowest BCUT2D eigenvalue weighted by molar-refractivity contribution is -0.114. The molecule has 1 aliphatic heterocycles. The fourth-order valence-electron chi connectivity index (χ4n) is 2.78. The zero-order chi connectivity index (χ0) is 10.0. The van der Waals surface area contributed by atoms with E-state index in [0.717, 1.165) is 19.1 Å². The van der Waals surface area contributed by atoms with Gasteiger partial charge in [0.25, 0.3) is 0 Å². The molecule has 0 spiro atoms. The van der Waals surface area contributed by atoms with Crippen molar-refractivity contribution in [3.63, 3.8) is 0 Å². The minimum Gasteiger partial charge on any atom is -0.303 e. The fraction of sp³-hybridized carbons (Fsp3) is 0.909. The molecule has 2 heteroatoms. The Morgan fingerprint density at radius 1 is 1.23 bits per heavy atom. The number of likely N-dealkylation sites (tertiary alicyclic amines) is 1. The maximum atomic E-state index is 10.7. The average Bonchev–Trinajstić information content (AvgIpc) is 2.02. The molecule has 2 nitrogen and oxygen atoms in total. The van der Waals surface area contributed by atoms with Gasteiger partial charge in [0.1, 0.15) is 6.29 Å². The molecule has 0 N–H and O–H groups in total. The van der Waals surface area contributed by atoms with Gasteiger partial charge in [-0.25, -0.2) is 0 Å². The van der Waals surface area contributed by atoms with Gasteiger partial charge >= 0.3 is 0 Å². The third-order valence-corrected chi connectivity index (χ3v) is 3.09. The molecule has 0 amide bonds. The van der Waals surface area contributed by atoms with E-state index < -0.39 is 0 Å². The van der Waals surface area contributed by atoms with Crippen LogP contribution in [0.2, 0.25) is 0 Å². The molecule has 2 atom stereocenters. The number of piperidine rings is 1. The van der Waals surface area contributed by atoms with Crippen molar-refractivity contribution in [3.05, 3.63) is 0 Å². The zero-order valence-electron chi connectivity index (χ0n) is 9.16. The van der Waals surface area contributed by atoms with E-state index >= 15 is 0 Å². The number of carbonyl (C=O) groups is 1. The van der Waals surface area contributed by atoms with E-state index in [1.165, 1.54) is 0 Å². The van der Waals surface area contributed by atoms with Crippen molar-refractivity contribution in [1.82, 2.24) is 4.90 Å². The molecule has 13 heavy (non-hydrogen) atoms. The monoisotopic (exact) mass is 183 g/mol. The molecular weight excluding hydrogens is 162 g/mol. The molecule has 1 fully saturated rings. The molecule has 1 rings (SSSR count). The highest BCUT2D eigenvalue weighted by atomic mass is 16.1. The van der Waals surface area contributed by atoms with E-state index in [-0.39, 0.29) is 0 Å². The van der Waals surface area contributed by atoms with Gasteiger partial charge in [0, 0.05) is 24.0 Å². The van der Waals surface area contributed by atoms with Crippen LogP contribution in [0.1, 0.15) is 40.5 Å². The normalized spacial score (nSPS) is 36.5. The Bertz CT molecular complexity index is 167. The number of hydrogen-bond acceptors (Lipinski definition) is 2. The number of rotatable bonds is 2. The van der Waals surface area contributed by atoms with E-state index in [9.17, 15) is 4.79 Å². The lowest BCUT2D eigenvalue weighted by atomic mass is 9.87. The van der Waals surface area contributed by atoms with Gasteiger partial charge < -0.3 is 4.79 Å². The summed E-state index contributed by atoms with van der Waals surface area (Å²) < 4.78 is 0. The summed E-state index contributed by atoms with van der Waals surface area (Å²) in [6, 6.07) is 1.70. The second-order valence-corrected chi connectivity index (χ2v) is 4.61. The van der Waals surface area contributed by atoms with Crippen LogP contribution in [0.4, 0.5) is 0 Å². The number of aldehydes is 1. The second kappa shape index (κ2) is 4.23. The van der Waals surface area contributed by atoms with Crippen LogP contribution >= 0.6 is 0 Å². The van der Waals surface area contributed by atoms with Crippen molar-refractivity contribution in [2.45, 2.75) is 58.7 Å². The van der Waals surface area contributed by atoms with Gasteiger partial charge in [-0.05, 0) is 40.5 Å². The van der Waals surface area contributed by atoms with Crippen LogP contribution in [-0.4, -0.2) is 29.3 Å². The Balaban J connectivity index is 2.64. The van der Waals surface area contributed by atoms with Crippen LogP contribution < -0.4 is 0 Å². The van der Waals surface area contributed by atoms with Crippen molar-refractivity contribution in [2.24, 2.45) is 5.92 Å². The van der Waals surface area contributed by atoms with Crippen LogP contribution in [0.15, 0.2) is 0 Å². The largest absolute Gasteiger partial charge is 0.303 e. The standard InChI is InChI=1S/C11H21NO/c1-8(2)12-9(3)5-11(7-13)6-10(12)4/h7-11H,5-6H2,1-4H3. The minimum absolute atomic E-state index is 0.292. The smallest absolute Gasteiger partial charge is 0.123 e. The third kappa shape index (κ3) is 2.31. The Kier molecular flexibility index (Phi) is 3.48. The van der Waals surface area contributed by atoms with Crippen molar-refractivity contribution >= 4 is 6.29 Å². The Morgan fingerprint density at radius 2 is 1.69 bits per heavy atom. The maximum absolute atomic E-state index is 10.7. The third-order valence-electron chi connectivity index (χ3n) is 3.09. The predicted molar refractivity (Wildman–Crippen MR) is 54.7 cm³/mol. The second-order valence-electron chi connectivity index (χ2n) is 4.61. The highest BCUT2D eigenvalue weighted by Crippen LogP contribution is 2.27. The highest BCUT2D eigenvalue weighted by Gasteiger charge is 2.31. The highest BCUT2D eigenvalue weighted by molar-refractivity contribution is 5.53. The van der Waals surface area contributed by atoms with E-state index in [0.29, 0.717) is 24.0 Å². The first kappa shape index (κ1) is 10.7. The number of hydrogen-bond donors (Lipinski definition) is 0. The molecule has 2 unspecified atom stereocenters. The molecular formula is C11H21NO. The first-order valence-electron chi connectivity index (χ1n) is 5.29. The van der Waals surface area contributed by atoms with E-state index in [1.807, 2.05) is 0 Å². The summed E-state index contributed by atoms with van der Waals surface area (Å²) >= 11 is 0. The molecule has 0 aromatic rings. The van der Waals surface area contributed by atoms with Crippen molar-refractivity contribution < 1.29 is 4.79 Å². The van der Waals surface area contributed by atoms with Crippen LogP contribution in [0.5, 0.6) is 0 Å². The maximum Gasteiger partial charge on any atom is 0.123 e. The lowest BCUT2D eigenvalue weighted by Crippen LogP contribution is -2.50. The molecule has 76 valence electrons. The zero-order valence-corrected chi connectivity index (χ0v) is 9.16. The summed E-state index contributed by atoms with van der Waals surface area (Å²) in [7, 11) is 0. The molecule has 1 saturated heterocycles. The van der Waals surface area contributed by atoms with Crippen LogP contribution in [-0.2, 0) is 4.79 Å². The van der Waals surface area contributed by atoms with Crippen LogP contribution in [0.3, 0.4) is 0 Å². The molecule has 0 bridgehead atoms. The SMILES string of the molecule is CC(C)N1C(C)CC(C=O)CC1C. The lowest BCUT2D eigenvalue weighted by Gasteiger charge is -2.43. The predicted octanol–water partition coefficient (Wildman–Crippen LogP) is 2.08. The van der Waals surface area contributed by atoms with Crippen LogP contribution in [0, 0.1) is 5.92 Å². The van der Waals surface area contributed by atoms with E-state index in [4.69, 9.17) is 0 Å². The molecule has 0 radical (unpaired) electrons. The first-order chi connectivity index (χ1) is 6.06. The van der Waals surface area contributed by atoms with Gasteiger partial charge in [-0.3, -0.25) is 4.90 Å². The van der Waals surface area contributed by atoms with Gasteiger partial charge in [0.05, 0.1) is 0 Å². The Hall–Kier alpha value is -0.370. The molecule has 1 aliphatic rings. The summed E-state index contributed by atoms with van der Waals surface area (Å²) in [5.41, 5.74) is 0. The quantitative estimate of drug-likeness (QED) is 0.611. The molecule has 0 aliphatic carbocycles. The summed E-state index contributed by atoms with van der Waals surface area (Å²) in [5.74, 6) is 0.292. The first-order valence-corrected chi connectivity index (χ1v) is 5.29. The summed E-state index contributed by atoms with van der Waals surface area (Å²) in [5, 5.41) is 0.